The topological polar surface area (TPSA) is 79.1 Å². The molecule has 0 atom stereocenters. The van der Waals surface area contributed by atoms with E-state index in [0.717, 1.165) is 16.7 Å². The zero-order valence-electron chi connectivity index (χ0n) is 11.2. The number of benzene rings is 1. The van der Waals surface area contributed by atoms with Crippen LogP contribution >= 0.6 is 24.8 Å². The quantitative estimate of drug-likeness (QED) is 0.670. The van der Waals surface area contributed by atoms with Crippen molar-refractivity contribution in [1.82, 2.24) is 15.4 Å². The van der Waals surface area contributed by atoms with Gasteiger partial charge in [-0.2, -0.15) is 6.07 Å². The number of nitrogens with zero attached hydrogens (tertiary/aromatic N) is 3. The van der Waals surface area contributed by atoms with E-state index >= 15 is 0 Å². The van der Waals surface area contributed by atoms with Gasteiger partial charge in [-0.25, -0.2) is 10.2 Å². The van der Waals surface area contributed by atoms with Crippen LogP contribution in [-0.4, -0.2) is 25.6 Å². The van der Waals surface area contributed by atoms with Crippen LogP contribution in [0.1, 0.15) is 16.7 Å². The summed E-state index contributed by atoms with van der Waals surface area (Å²) in [6.45, 7) is 5.46. The first-order chi connectivity index (χ1) is 8.04. The minimum absolute atomic E-state index is 0. The van der Waals surface area contributed by atoms with Gasteiger partial charge in [-0.05, 0) is 0 Å². The van der Waals surface area contributed by atoms with Crippen molar-refractivity contribution in [3.8, 4) is 11.5 Å². The van der Waals surface area contributed by atoms with Crippen molar-refractivity contribution >= 4 is 24.8 Å². The summed E-state index contributed by atoms with van der Waals surface area (Å²) < 4.78 is 0. The molecule has 0 fully saturated rings. The molecule has 0 bridgehead atoms. The van der Waals surface area contributed by atoms with Gasteiger partial charge in [0.25, 0.3) is 0 Å². The molecular weight excluding hydrogens is 380 g/mol. The Labute approximate surface area is 149 Å². The SMILES string of the molecule is Cc1c(O)[c-]c(O)c(C)c1C.Cl.Cl.[Zr+2].[c-]1ccnnn1. The first kappa shape index (κ1) is 24.3. The summed E-state index contributed by atoms with van der Waals surface area (Å²) in [5.41, 5.74) is 2.47. The van der Waals surface area contributed by atoms with Crippen molar-refractivity contribution in [3.05, 3.63) is 41.2 Å². The summed E-state index contributed by atoms with van der Waals surface area (Å²) >= 11 is 0. The molecule has 0 radical (unpaired) electrons. The van der Waals surface area contributed by atoms with Crippen molar-refractivity contribution in [2.45, 2.75) is 20.8 Å². The molecule has 1 heterocycles. The van der Waals surface area contributed by atoms with Gasteiger partial charge >= 0.3 is 26.2 Å². The number of hydrogen-bond acceptors (Lipinski definition) is 5. The first-order valence-electron chi connectivity index (χ1n) is 4.95. The molecule has 1 aromatic heterocycles. The van der Waals surface area contributed by atoms with E-state index in [1.165, 1.54) is 6.20 Å². The zero-order valence-corrected chi connectivity index (χ0v) is 15.3. The molecular formula is C12H15Cl2N3O2Zr. The largest absolute Gasteiger partial charge is 2.00 e. The Hall–Kier alpha value is -0.707. The van der Waals surface area contributed by atoms with Gasteiger partial charge in [-0.15, -0.1) is 47.7 Å². The predicted octanol–water partition coefficient (Wildman–Crippen LogP) is 2.34. The maximum absolute atomic E-state index is 9.19. The number of rotatable bonds is 0. The number of halogens is 2. The van der Waals surface area contributed by atoms with Crippen molar-refractivity contribution in [1.29, 1.82) is 0 Å². The fourth-order valence-electron chi connectivity index (χ4n) is 1.12. The second kappa shape index (κ2) is 12.1. The third kappa shape index (κ3) is 7.18. The Balaban J connectivity index is -0.000000281. The van der Waals surface area contributed by atoms with Crippen LogP contribution in [0.2, 0.25) is 0 Å². The van der Waals surface area contributed by atoms with Gasteiger partial charge in [0.2, 0.25) is 0 Å². The van der Waals surface area contributed by atoms with Crippen LogP contribution in [0.3, 0.4) is 0 Å². The third-order valence-electron chi connectivity index (χ3n) is 2.44. The minimum Gasteiger partial charge on any atom is -0.534 e. The maximum atomic E-state index is 9.19. The third-order valence-corrected chi connectivity index (χ3v) is 2.44. The van der Waals surface area contributed by atoms with Crippen molar-refractivity contribution in [3.63, 3.8) is 0 Å². The minimum atomic E-state index is 0. The Morgan fingerprint density at radius 1 is 0.950 bits per heavy atom. The number of hydrogen-bond donors (Lipinski definition) is 2. The average molecular weight is 395 g/mol. The Kier molecular flexibility index (Phi) is 14.7. The smallest absolute Gasteiger partial charge is 0.534 e. The van der Waals surface area contributed by atoms with Crippen molar-refractivity contribution in [2.24, 2.45) is 0 Å². The van der Waals surface area contributed by atoms with E-state index in [-0.39, 0.29) is 62.5 Å². The van der Waals surface area contributed by atoms with Gasteiger partial charge in [0.05, 0.1) is 0 Å². The molecule has 2 rings (SSSR count). The summed E-state index contributed by atoms with van der Waals surface area (Å²) in [6.07, 6.45) is 3.99. The van der Waals surface area contributed by atoms with E-state index in [1.54, 1.807) is 19.9 Å². The summed E-state index contributed by atoms with van der Waals surface area (Å²) in [5.74, 6) is 0.0659. The monoisotopic (exact) mass is 393 g/mol. The van der Waals surface area contributed by atoms with E-state index in [1.807, 2.05) is 6.92 Å². The number of aromatic hydroxyl groups is 2. The molecule has 0 aliphatic heterocycles. The molecule has 0 saturated heterocycles. The summed E-state index contributed by atoms with van der Waals surface area (Å²) in [5, 5.41) is 28.3. The van der Waals surface area contributed by atoms with Crippen LogP contribution in [0.5, 0.6) is 11.5 Å². The summed E-state index contributed by atoms with van der Waals surface area (Å²) in [6, 6.07) is 4.05. The molecule has 0 spiro atoms. The molecule has 0 saturated carbocycles. The van der Waals surface area contributed by atoms with E-state index in [2.05, 4.69) is 27.7 Å². The van der Waals surface area contributed by atoms with Crippen LogP contribution in [0, 0.1) is 33.0 Å². The second-order valence-electron chi connectivity index (χ2n) is 3.45. The molecule has 108 valence electrons. The van der Waals surface area contributed by atoms with Crippen molar-refractivity contribution in [2.75, 3.05) is 0 Å². The average Bonchev–Trinajstić information content (AvgIpc) is 2.37. The fourth-order valence-corrected chi connectivity index (χ4v) is 1.12. The van der Waals surface area contributed by atoms with Gasteiger partial charge in [0.15, 0.2) is 0 Å². The fraction of sp³-hybridized carbons (Fsp3) is 0.250. The zero-order chi connectivity index (χ0) is 12.8. The number of aromatic nitrogens is 3. The van der Waals surface area contributed by atoms with Crippen LogP contribution in [0.25, 0.3) is 0 Å². The van der Waals surface area contributed by atoms with Crippen LogP contribution in [0.4, 0.5) is 0 Å². The molecule has 2 N–H and O–H groups in total. The van der Waals surface area contributed by atoms with Crippen LogP contribution < -0.4 is 0 Å². The van der Waals surface area contributed by atoms with Crippen LogP contribution in [0.15, 0.2) is 12.3 Å². The number of phenolic OH excluding ortho intramolecular Hbond substituents is 2. The first-order valence-corrected chi connectivity index (χ1v) is 4.95. The molecule has 0 aliphatic carbocycles. The van der Waals surface area contributed by atoms with E-state index < -0.39 is 0 Å². The summed E-state index contributed by atoms with van der Waals surface area (Å²) in [7, 11) is 0. The molecule has 5 nitrogen and oxygen atoms in total. The number of phenols is 2. The van der Waals surface area contributed by atoms with Gasteiger partial charge < -0.3 is 10.2 Å². The van der Waals surface area contributed by atoms with E-state index in [0.29, 0.717) is 0 Å². The predicted molar refractivity (Wildman–Crippen MR) is 76.0 cm³/mol. The second-order valence-corrected chi connectivity index (χ2v) is 3.45. The molecule has 1 aromatic carbocycles. The van der Waals surface area contributed by atoms with Crippen LogP contribution in [-0.2, 0) is 26.2 Å². The standard InChI is InChI=1S/C9H11O2.C3H2N3.2ClH.Zr/c1-5-6(2)8(10)4-9(11)7(5)3;1-2-4-6-5-3-1;;;/h10-11H,1-3H3;1-2H;2*1H;/q2*-1;;;+2. The Morgan fingerprint density at radius 3 is 1.70 bits per heavy atom. The Morgan fingerprint density at radius 2 is 1.45 bits per heavy atom. The van der Waals surface area contributed by atoms with Gasteiger partial charge in [-0.3, -0.25) is 0 Å². The summed E-state index contributed by atoms with van der Waals surface area (Å²) in [4.78, 5) is 0. The van der Waals surface area contributed by atoms with Gasteiger partial charge in [0, 0.05) is 11.5 Å². The van der Waals surface area contributed by atoms with E-state index in [4.69, 9.17) is 0 Å². The molecule has 8 heteroatoms. The Bertz CT molecular complexity index is 449. The molecule has 2 aromatic rings. The van der Waals surface area contributed by atoms with Crippen molar-refractivity contribution < 1.29 is 36.4 Å². The molecule has 0 unspecified atom stereocenters. The molecule has 0 amide bonds. The molecule has 0 aliphatic rings. The van der Waals surface area contributed by atoms with Gasteiger partial charge in [0.1, 0.15) is 0 Å². The normalized spacial score (nSPS) is 7.95. The maximum Gasteiger partial charge on any atom is 2.00 e. The molecule has 20 heavy (non-hydrogen) atoms. The van der Waals surface area contributed by atoms with Gasteiger partial charge in [-0.1, -0.05) is 38.2 Å². The van der Waals surface area contributed by atoms with E-state index in [9.17, 15) is 10.2 Å².